The molecule has 0 unspecified atom stereocenters. The van der Waals surface area contributed by atoms with Gasteiger partial charge in [-0.15, -0.1) is 0 Å². The molecule has 2 rings (SSSR count). The molecule has 0 saturated carbocycles. The van der Waals surface area contributed by atoms with E-state index in [9.17, 15) is 9.59 Å². The van der Waals surface area contributed by atoms with Crippen LogP contribution in [-0.2, 0) is 4.79 Å². The van der Waals surface area contributed by atoms with Crippen LogP contribution in [0.15, 0.2) is 42.5 Å². The van der Waals surface area contributed by atoms with Crippen LogP contribution >= 0.6 is 0 Å². The summed E-state index contributed by atoms with van der Waals surface area (Å²) in [6.45, 7) is 2.01. The number of carbonyl (C=O) groups is 2. The van der Waals surface area contributed by atoms with E-state index >= 15 is 0 Å². The third-order valence-corrected chi connectivity index (χ3v) is 4.47. The number of aryl methyl sites for hydroxylation is 1. The molecule has 5 nitrogen and oxygen atoms in total. The maximum absolute atomic E-state index is 12.1. The zero-order valence-electron chi connectivity index (χ0n) is 16.1. The molecule has 0 aromatic heterocycles. The zero-order chi connectivity index (χ0) is 19.6. The molecule has 0 spiro atoms. The van der Waals surface area contributed by atoms with Crippen LogP contribution in [-0.4, -0.2) is 18.8 Å². The van der Waals surface area contributed by atoms with Gasteiger partial charge in [0.1, 0.15) is 5.75 Å². The van der Waals surface area contributed by atoms with Crippen molar-refractivity contribution in [3.63, 3.8) is 0 Å². The lowest BCUT2D eigenvalue weighted by Crippen LogP contribution is -2.12. The van der Waals surface area contributed by atoms with Gasteiger partial charge in [-0.1, -0.05) is 42.7 Å². The Balaban J connectivity index is 1.63. The molecule has 3 N–H and O–H groups in total. The quantitative estimate of drug-likeness (QED) is 0.360. The van der Waals surface area contributed by atoms with Gasteiger partial charge in [0.15, 0.2) is 5.78 Å². The molecular formula is C22H28N2O3. The lowest BCUT2D eigenvalue weighted by atomic mass is 10.0. The number of hydrogen-bond acceptors (Lipinski definition) is 4. The summed E-state index contributed by atoms with van der Waals surface area (Å²) in [6.07, 6.45) is 4.47. The minimum Gasteiger partial charge on any atom is -0.497 e. The maximum atomic E-state index is 12.1. The maximum Gasteiger partial charge on any atom is 0.224 e. The van der Waals surface area contributed by atoms with E-state index in [2.05, 4.69) is 5.32 Å². The fourth-order valence-corrected chi connectivity index (χ4v) is 2.79. The number of anilines is 2. The molecule has 0 aliphatic carbocycles. The largest absolute Gasteiger partial charge is 0.497 e. The number of carbonyl (C=O) groups excluding carboxylic acids is 2. The number of benzene rings is 2. The van der Waals surface area contributed by atoms with Crippen molar-refractivity contribution < 1.29 is 14.3 Å². The molecule has 27 heavy (non-hydrogen) atoms. The van der Waals surface area contributed by atoms with Gasteiger partial charge in [0.25, 0.3) is 0 Å². The second-order valence-electron chi connectivity index (χ2n) is 6.70. The molecule has 0 bridgehead atoms. The number of rotatable bonds is 10. The van der Waals surface area contributed by atoms with Crippen LogP contribution in [0.5, 0.6) is 5.75 Å². The third-order valence-electron chi connectivity index (χ3n) is 4.47. The van der Waals surface area contributed by atoms with Crippen molar-refractivity contribution in [2.24, 2.45) is 0 Å². The molecule has 0 atom stereocenters. The van der Waals surface area contributed by atoms with Crippen molar-refractivity contribution in [1.29, 1.82) is 0 Å². The Morgan fingerprint density at radius 3 is 2.30 bits per heavy atom. The molecular weight excluding hydrogens is 340 g/mol. The second kappa shape index (κ2) is 10.4. The number of nitrogen functional groups attached to an aromatic ring is 1. The minimum absolute atomic E-state index is 0.0642. The summed E-state index contributed by atoms with van der Waals surface area (Å²) in [7, 11) is 1.57. The monoisotopic (exact) mass is 368 g/mol. The van der Waals surface area contributed by atoms with Gasteiger partial charge < -0.3 is 15.8 Å². The summed E-state index contributed by atoms with van der Waals surface area (Å²) >= 11 is 0. The van der Waals surface area contributed by atoms with E-state index in [1.165, 1.54) is 0 Å². The van der Waals surface area contributed by atoms with E-state index in [1.54, 1.807) is 25.3 Å². The smallest absolute Gasteiger partial charge is 0.224 e. The van der Waals surface area contributed by atoms with Gasteiger partial charge >= 0.3 is 0 Å². The highest BCUT2D eigenvalue weighted by Gasteiger charge is 2.08. The fourth-order valence-electron chi connectivity index (χ4n) is 2.79. The van der Waals surface area contributed by atoms with Crippen LogP contribution in [0.1, 0.15) is 54.4 Å². The number of nitrogens with one attached hydrogen (secondary N) is 1. The van der Waals surface area contributed by atoms with Crippen LogP contribution in [0.2, 0.25) is 0 Å². The first-order valence-corrected chi connectivity index (χ1v) is 9.33. The van der Waals surface area contributed by atoms with E-state index in [0.29, 0.717) is 30.0 Å². The fraction of sp³-hybridized carbons (Fsp3) is 0.364. The topological polar surface area (TPSA) is 81.4 Å². The van der Waals surface area contributed by atoms with Gasteiger partial charge in [-0.3, -0.25) is 9.59 Å². The van der Waals surface area contributed by atoms with Crippen molar-refractivity contribution >= 4 is 23.1 Å². The molecule has 1 amide bonds. The summed E-state index contributed by atoms with van der Waals surface area (Å²) in [5.74, 6) is 0.768. The molecule has 2 aromatic carbocycles. The van der Waals surface area contributed by atoms with Crippen molar-refractivity contribution in [3.8, 4) is 5.75 Å². The van der Waals surface area contributed by atoms with E-state index < -0.39 is 0 Å². The number of amides is 1. The molecule has 0 aliphatic heterocycles. The summed E-state index contributed by atoms with van der Waals surface area (Å²) in [6, 6.07) is 12.9. The lowest BCUT2D eigenvalue weighted by Gasteiger charge is -2.10. The van der Waals surface area contributed by atoms with Crippen molar-refractivity contribution in [3.05, 3.63) is 53.6 Å². The Morgan fingerprint density at radius 1 is 0.963 bits per heavy atom. The molecule has 0 aliphatic rings. The van der Waals surface area contributed by atoms with E-state index in [1.807, 2.05) is 31.2 Å². The number of methoxy groups -OCH3 is 1. The lowest BCUT2D eigenvalue weighted by molar-refractivity contribution is -0.116. The van der Waals surface area contributed by atoms with E-state index in [4.69, 9.17) is 10.5 Å². The standard InChI is InChI=1S/C22H28N2O3/c1-16-9-11-17(12-10-16)21(25)7-5-3-4-6-8-22(26)24-20-15-18(27-2)13-14-19(20)23/h9-15H,3-8,23H2,1-2H3,(H,24,26). The normalized spacial score (nSPS) is 10.4. The zero-order valence-corrected chi connectivity index (χ0v) is 16.1. The molecule has 0 radical (unpaired) electrons. The Morgan fingerprint density at radius 2 is 1.63 bits per heavy atom. The van der Waals surface area contributed by atoms with Gasteiger partial charge in [-0.2, -0.15) is 0 Å². The van der Waals surface area contributed by atoms with Crippen LogP contribution in [0.4, 0.5) is 11.4 Å². The Hall–Kier alpha value is -2.82. The van der Waals surface area contributed by atoms with Crippen LogP contribution in [0.3, 0.4) is 0 Å². The van der Waals surface area contributed by atoms with Crippen molar-refractivity contribution in [2.75, 3.05) is 18.2 Å². The predicted molar refractivity (Wildman–Crippen MR) is 109 cm³/mol. The highest BCUT2D eigenvalue weighted by Crippen LogP contribution is 2.24. The van der Waals surface area contributed by atoms with Gasteiger partial charge in [0.05, 0.1) is 18.5 Å². The minimum atomic E-state index is -0.0642. The predicted octanol–water partition coefficient (Wildman–Crippen LogP) is 4.75. The number of ether oxygens (including phenoxy) is 1. The number of nitrogens with two attached hydrogens (primary N) is 1. The molecule has 0 heterocycles. The van der Waals surface area contributed by atoms with Crippen LogP contribution in [0, 0.1) is 6.92 Å². The second-order valence-corrected chi connectivity index (χ2v) is 6.70. The molecule has 0 saturated heterocycles. The third kappa shape index (κ3) is 6.77. The highest BCUT2D eigenvalue weighted by molar-refractivity contribution is 5.96. The van der Waals surface area contributed by atoms with Gasteiger partial charge in [0, 0.05) is 24.5 Å². The van der Waals surface area contributed by atoms with E-state index in [-0.39, 0.29) is 11.7 Å². The molecule has 5 heteroatoms. The van der Waals surface area contributed by atoms with Crippen molar-refractivity contribution in [2.45, 2.75) is 45.4 Å². The average Bonchev–Trinajstić information content (AvgIpc) is 2.66. The average molecular weight is 368 g/mol. The summed E-state index contributed by atoms with van der Waals surface area (Å²) in [5, 5.41) is 2.82. The molecule has 144 valence electrons. The number of hydrogen-bond donors (Lipinski definition) is 2. The Kier molecular flexibility index (Phi) is 7.86. The Bertz CT molecular complexity index is 770. The van der Waals surface area contributed by atoms with Crippen LogP contribution < -0.4 is 15.8 Å². The number of Topliss-reactive ketones (excluding diaryl/α,β-unsaturated/α-hetero) is 1. The van der Waals surface area contributed by atoms with E-state index in [0.717, 1.165) is 36.8 Å². The van der Waals surface area contributed by atoms with Crippen LogP contribution in [0.25, 0.3) is 0 Å². The summed E-state index contributed by atoms with van der Waals surface area (Å²) < 4.78 is 5.14. The van der Waals surface area contributed by atoms with Crippen molar-refractivity contribution in [1.82, 2.24) is 0 Å². The highest BCUT2D eigenvalue weighted by atomic mass is 16.5. The first kappa shape index (κ1) is 20.5. The SMILES string of the molecule is COc1ccc(N)c(NC(=O)CCCCCCC(=O)c2ccc(C)cc2)c1. The summed E-state index contributed by atoms with van der Waals surface area (Å²) in [4.78, 5) is 24.2. The molecule has 0 fully saturated rings. The first-order chi connectivity index (χ1) is 13.0. The number of ketones is 1. The first-order valence-electron chi connectivity index (χ1n) is 9.33. The van der Waals surface area contributed by atoms with Gasteiger partial charge in [-0.05, 0) is 31.9 Å². The number of unbranched alkanes of at least 4 members (excludes halogenated alkanes) is 3. The van der Waals surface area contributed by atoms with Gasteiger partial charge in [-0.25, -0.2) is 0 Å². The van der Waals surface area contributed by atoms with Gasteiger partial charge in [0.2, 0.25) is 5.91 Å². The molecule has 2 aromatic rings. The summed E-state index contributed by atoms with van der Waals surface area (Å²) in [5.41, 5.74) is 8.88. The Labute approximate surface area is 160 Å².